The van der Waals surface area contributed by atoms with Crippen molar-refractivity contribution in [1.82, 2.24) is 20.4 Å². The summed E-state index contributed by atoms with van der Waals surface area (Å²) >= 11 is 0. The fourth-order valence-electron chi connectivity index (χ4n) is 3.33. The third-order valence-corrected chi connectivity index (χ3v) is 4.77. The summed E-state index contributed by atoms with van der Waals surface area (Å²) in [5, 5.41) is 6.95. The van der Waals surface area contributed by atoms with E-state index in [1.165, 1.54) is 0 Å². The van der Waals surface area contributed by atoms with Gasteiger partial charge in [0.1, 0.15) is 0 Å². The Labute approximate surface area is 164 Å². The standard InChI is InChI=1S/C20H26N4O4/c1-4-9-21-20(25)15-6-5-10-24(12-15)13-18-22-19(23-28-18)14-7-8-16(26-2)17(11-14)27-3/h4,7-8,11,15H,1,5-6,9-10,12-13H2,2-3H3,(H,21,25). The van der Waals surface area contributed by atoms with E-state index in [1.807, 2.05) is 12.1 Å². The van der Waals surface area contributed by atoms with Crippen molar-refractivity contribution in [2.24, 2.45) is 5.92 Å². The molecule has 3 rings (SSSR count). The number of carbonyl (C=O) groups is 1. The van der Waals surface area contributed by atoms with Crippen LogP contribution in [-0.4, -0.2) is 54.8 Å². The minimum absolute atomic E-state index is 0.0260. The summed E-state index contributed by atoms with van der Waals surface area (Å²) in [5.41, 5.74) is 0.785. The van der Waals surface area contributed by atoms with Crippen molar-refractivity contribution in [3.8, 4) is 22.9 Å². The molecule has 1 N–H and O–H groups in total. The zero-order valence-electron chi connectivity index (χ0n) is 16.3. The van der Waals surface area contributed by atoms with Gasteiger partial charge in [-0.2, -0.15) is 4.98 Å². The molecule has 28 heavy (non-hydrogen) atoms. The monoisotopic (exact) mass is 386 g/mol. The summed E-state index contributed by atoms with van der Waals surface area (Å²) in [6.07, 6.45) is 3.54. The van der Waals surface area contributed by atoms with Crippen LogP contribution in [-0.2, 0) is 11.3 Å². The van der Waals surface area contributed by atoms with E-state index in [0.29, 0.717) is 42.8 Å². The van der Waals surface area contributed by atoms with Gasteiger partial charge < -0.3 is 19.3 Å². The molecular weight excluding hydrogens is 360 g/mol. The number of ether oxygens (including phenoxy) is 2. The van der Waals surface area contributed by atoms with E-state index in [-0.39, 0.29) is 11.8 Å². The molecule has 8 nitrogen and oxygen atoms in total. The van der Waals surface area contributed by atoms with Crippen LogP contribution in [0.15, 0.2) is 35.4 Å². The van der Waals surface area contributed by atoms with Gasteiger partial charge in [-0.15, -0.1) is 6.58 Å². The Kier molecular flexibility index (Phi) is 6.65. The van der Waals surface area contributed by atoms with Crippen molar-refractivity contribution in [1.29, 1.82) is 0 Å². The third-order valence-electron chi connectivity index (χ3n) is 4.77. The van der Waals surface area contributed by atoms with Gasteiger partial charge in [-0.1, -0.05) is 11.2 Å². The second-order valence-corrected chi connectivity index (χ2v) is 6.69. The van der Waals surface area contributed by atoms with Crippen LogP contribution in [0.2, 0.25) is 0 Å². The normalized spacial score (nSPS) is 17.1. The SMILES string of the molecule is C=CCNC(=O)C1CCCN(Cc2nc(-c3ccc(OC)c(OC)c3)no2)C1. The maximum Gasteiger partial charge on any atom is 0.241 e. The molecule has 1 amide bonds. The van der Waals surface area contributed by atoms with E-state index in [4.69, 9.17) is 14.0 Å². The number of nitrogens with one attached hydrogen (secondary N) is 1. The number of methoxy groups -OCH3 is 2. The van der Waals surface area contributed by atoms with Crippen molar-refractivity contribution >= 4 is 5.91 Å². The molecule has 1 fully saturated rings. The lowest BCUT2D eigenvalue weighted by Crippen LogP contribution is -2.42. The molecule has 2 aromatic rings. The number of benzene rings is 1. The topological polar surface area (TPSA) is 89.7 Å². The number of nitrogens with zero attached hydrogens (tertiary/aromatic N) is 3. The van der Waals surface area contributed by atoms with Gasteiger partial charge in [0.15, 0.2) is 11.5 Å². The van der Waals surface area contributed by atoms with Gasteiger partial charge in [-0.25, -0.2) is 0 Å². The summed E-state index contributed by atoms with van der Waals surface area (Å²) in [5.74, 6) is 2.31. The van der Waals surface area contributed by atoms with Crippen molar-refractivity contribution in [3.05, 3.63) is 36.7 Å². The van der Waals surface area contributed by atoms with Crippen molar-refractivity contribution in [2.45, 2.75) is 19.4 Å². The molecule has 1 aromatic heterocycles. The second kappa shape index (κ2) is 9.36. The second-order valence-electron chi connectivity index (χ2n) is 6.69. The van der Waals surface area contributed by atoms with Crippen molar-refractivity contribution < 1.29 is 18.8 Å². The average Bonchev–Trinajstić information content (AvgIpc) is 3.20. The lowest BCUT2D eigenvalue weighted by Gasteiger charge is -2.30. The Morgan fingerprint density at radius 3 is 2.96 bits per heavy atom. The summed E-state index contributed by atoms with van der Waals surface area (Å²) in [4.78, 5) is 18.9. The number of likely N-dealkylation sites (tertiary alicyclic amines) is 1. The summed E-state index contributed by atoms with van der Waals surface area (Å²) in [6.45, 7) is 6.22. The van der Waals surface area contributed by atoms with Gasteiger partial charge in [0.05, 0.1) is 26.7 Å². The molecule has 1 aliphatic rings. The number of hydrogen-bond donors (Lipinski definition) is 1. The largest absolute Gasteiger partial charge is 0.493 e. The van der Waals surface area contributed by atoms with Crippen LogP contribution in [0.25, 0.3) is 11.4 Å². The highest BCUT2D eigenvalue weighted by Gasteiger charge is 2.26. The molecule has 1 unspecified atom stereocenters. The van der Waals surface area contributed by atoms with E-state index in [1.54, 1.807) is 26.4 Å². The van der Waals surface area contributed by atoms with E-state index >= 15 is 0 Å². The molecule has 1 saturated heterocycles. The Balaban J connectivity index is 1.64. The molecule has 2 heterocycles. The van der Waals surface area contributed by atoms with Gasteiger partial charge in [-0.05, 0) is 37.6 Å². The van der Waals surface area contributed by atoms with Crippen LogP contribution in [0.3, 0.4) is 0 Å². The predicted octanol–water partition coefficient (Wildman–Crippen LogP) is 2.27. The molecule has 0 aliphatic carbocycles. The van der Waals surface area contributed by atoms with E-state index in [9.17, 15) is 4.79 Å². The van der Waals surface area contributed by atoms with Crippen molar-refractivity contribution in [3.63, 3.8) is 0 Å². The highest BCUT2D eigenvalue weighted by atomic mass is 16.5. The number of piperidine rings is 1. The molecule has 1 atom stereocenters. The number of rotatable bonds is 8. The predicted molar refractivity (Wildman–Crippen MR) is 104 cm³/mol. The average molecular weight is 386 g/mol. The molecule has 0 saturated carbocycles. The highest BCUT2D eigenvalue weighted by molar-refractivity contribution is 5.79. The van der Waals surface area contributed by atoms with Crippen LogP contribution in [0.1, 0.15) is 18.7 Å². The zero-order valence-corrected chi connectivity index (χ0v) is 16.3. The molecule has 150 valence electrons. The maximum atomic E-state index is 12.2. The summed E-state index contributed by atoms with van der Waals surface area (Å²) in [7, 11) is 3.18. The van der Waals surface area contributed by atoms with E-state index < -0.39 is 0 Å². The quantitative estimate of drug-likeness (QED) is 0.696. The fraction of sp³-hybridized carbons (Fsp3) is 0.450. The van der Waals surface area contributed by atoms with Crippen LogP contribution < -0.4 is 14.8 Å². The molecule has 1 aromatic carbocycles. The van der Waals surface area contributed by atoms with Gasteiger partial charge in [-0.3, -0.25) is 9.69 Å². The molecule has 8 heteroatoms. The Morgan fingerprint density at radius 1 is 1.39 bits per heavy atom. The van der Waals surface area contributed by atoms with Gasteiger partial charge in [0, 0.05) is 18.7 Å². The van der Waals surface area contributed by atoms with Crippen LogP contribution in [0, 0.1) is 5.92 Å². The van der Waals surface area contributed by atoms with E-state index in [0.717, 1.165) is 24.9 Å². The number of amides is 1. The number of hydrogen-bond acceptors (Lipinski definition) is 7. The molecular formula is C20H26N4O4. The highest BCUT2D eigenvalue weighted by Crippen LogP contribution is 2.31. The first-order valence-corrected chi connectivity index (χ1v) is 9.30. The lowest BCUT2D eigenvalue weighted by atomic mass is 9.97. The fourth-order valence-corrected chi connectivity index (χ4v) is 3.33. The van der Waals surface area contributed by atoms with Crippen LogP contribution in [0.5, 0.6) is 11.5 Å². The first-order valence-electron chi connectivity index (χ1n) is 9.30. The Morgan fingerprint density at radius 2 is 2.21 bits per heavy atom. The Bertz CT molecular complexity index is 820. The van der Waals surface area contributed by atoms with E-state index in [2.05, 4.69) is 26.9 Å². The summed E-state index contributed by atoms with van der Waals surface area (Å²) < 4.78 is 16.0. The third kappa shape index (κ3) is 4.69. The minimum atomic E-state index is -0.0260. The molecule has 0 radical (unpaired) electrons. The minimum Gasteiger partial charge on any atom is -0.493 e. The lowest BCUT2D eigenvalue weighted by molar-refractivity contribution is -0.126. The Hall–Kier alpha value is -2.87. The van der Waals surface area contributed by atoms with Crippen LogP contribution >= 0.6 is 0 Å². The molecule has 1 aliphatic heterocycles. The summed E-state index contributed by atoms with van der Waals surface area (Å²) in [6, 6.07) is 5.48. The zero-order chi connectivity index (χ0) is 19.9. The number of aromatic nitrogens is 2. The number of carbonyl (C=O) groups excluding carboxylic acids is 1. The molecule has 0 bridgehead atoms. The van der Waals surface area contributed by atoms with Gasteiger partial charge >= 0.3 is 0 Å². The first kappa shape index (κ1) is 19.9. The van der Waals surface area contributed by atoms with Crippen molar-refractivity contribution in [2.75, 3.05) is 33.9 Å². The smallest absolute Gasteiger partial charge is 0.241 e. The van der Waals surface area contributed by atoms with Gasteiger partial charge in [0.2, 0.25) is 17.6 Å². The van der Waals surface area contributed by atoms with Crippen LogP contribution in [0.4, 0.5) is 0 Å². The maximum absolute atomic E-state index is 12.2. The molecule has 0 spiro atoms. The van der Waals surface area contributed by atoms with Gasteiger partial charge in [0.25, 0.3) is 0 Å². The first-order chi connectivity index (χ1) is 13.6.